The van der Waals surface area contributed by atoms with Crippen molar-refractivity contribution in [2.45, 2.75) is 13.5 Å². The Bertz CT molecular complexity index is 863. The second kappa shape index (κ2) is 7.94. The molecule has 1 aliphatic rings. The lowest BCUT2D eigenvalue weighted by atomic mass is 10.3. The molecule has 0 unspecified atom stereocenters. The molecular formula is C19H22N8. The van der Waals surface area contributed by atoms with Crippen LogP contribution in [0.25, 0.3) is 0 Å². The van der Waals surface area contributed by atoms with Gasteiger partial charge in [-0.1, -0.05) is 0 Å². The molecular weight excluding hydrogens is 340 g/mol. The Balaban J connectivity index is 1.41. The monoisotopic (exact) mass is 362 g/mol. The van der Waals surface area contributed by atoms with Crippen LogP contribution in [0, 0.1) is 6.92 Å². The summed E-state index contributed by atoms with van der Waals surface area (Å²) in [6.07, 6.45) is 7.14. The van der Waals surface area contributed by atoms with E-state index in [1.807, 2.05) is 31.2 Å². The molecule has 8 nitrogen and oxygen atoms in total. The first-order valence-electron chi connectivity index (χ1n) is 9.03. The maximum atomic E-state index is 4.71. The summed E-state index contributed by atoms with van der Waals surface area (Å²) >= 11 is 0. The molecule has 3 aromatic heterocycles. The molecule has 1 fully saturated rings. The fourth-order valence-electron chi connectivity index (χ4n) is 3.04. The van der Waals surface area contributed by atoms with Gasteiger partial charge in [-0.3, -0.25) is 4.98 Å². The predicted molar refractivity (Wildman–Crippen MR) is 105 cm³/mol. The molecule has 1 N–H and O–H groups in total. The van der Waals surface area contributed by atoms with Gasteiger partial charge < -0.3 is 15.1 Å². The minimum absolute atomic E-state index is 0.706. The minimum Gasteiger partial charge on any atom is -0.366 e. The zero-order chi connectivity index (χ0) is 18.5. The molecule has 4 rings (SSSR count). The average molecular weight is 362 g/mol. The average Bonchev–Trinajstić information content (AvgIpc) is 2.73. The molecule has 0 saturated carbocycles. The zero-order valence-corrected chi connectivity index (χ0v) is 15.3. The first-order chi connectivity index (χ1) is 13.3. The van der Waals surface area contributed by atoms with E-state index in [0.717, 1.165) is 49.6 Å². The summed E-state index contributed by atoms with van der Waals surface area (Å²) in [7, 11) is 0. The lowest BCUT2D eigenvalue weighted by Gasteiger charge is -2.34. The van der Waals surface area contributed by atoms with E-state index in [1.54, 1.807) is 24.8 Å². The van der Waals surface area contributed by atoms with E-state index < -0.39 is 0 Å². The number of hydrogen-bond donors (Lipinski definition) is 1. The highest BCUT2D eigenvalue weighted by Crippen LogP contribution is 2.18. The lowest BCUT2D eigenvalue weighted by molar-refractivity contribution is 0.627. The molecule has 1 aliphatic heterocycles. The molecule has 0 aliphatic carbocycles. The predicted octanol–water partition coefficient (Wildman–Crippen LogP) is 1.91. The van der Waals surface area contributed by atoms with Crippen molar-refractivity contribution in [3.05, 3.63) is 60.3 Å². The minimum atomic E-state index is 0.706. The standard InChI is InChI=1S/C19H22N8/c1-15-13-17(23-14-16-3-7-20-8-4-16)25-19(24-15)27-11-9-26(10-12-27)18-21-5-2-6-22-18/h2-8,13H,9-12,14H2,1H3,(H,23,24,25). The summed E-state index contributed by atoms with van der Waals surface area (Å²) in [5, 5.41) is 3.38. The van der Waals surface area contributed by atoms with Crippen LogP contribution in [0.2, 0.25) is 0 Å². The lowest BCUT2D eigenvalue weighted by Crippen LogP contribution is -2.47. The van der Waals surface area contributed by atoms with E-state index in [4.69, 9.17) is 4.98 Å². The van der Waals surface area contributed by atoms with Gasteiger partial charge in [0.05, 0.1) is 0 Å². The Morgan fingerprint density at radius 1 is 0.889 bits per heavy atom. The molecule has 0 atom stereocenters. The van der Waals surface area contributed by atoms with Crippen LogP contribution in [-0.4, -0.2) is 51.1 Å². The second-order valence-electron chi connectivity index (χ2n) is 6.43. The number of hydrogen-bond acceptors (Lipinski definition) is 8. The third kappa shape index (κ3) is 4.28. The highest BCUT2D eigenvalue weighted by atomic mass is 15.4. The topological polar surface area (TPSA) is 83.0 Å². The third-order valence-electron chi connectivity index (χ3n) is 4.46. The molecule has 8 heteroatoms. The molecule has 27 heavy (non-hydrogen) atoms. The molecule has 138 valence electrons. The van der Waals surface area contributed by atoms with Gasteiger partial charge in [0.15, 0.2) is 0 Å². The molecule has 1 saturated heterocycles. The molecule has 0 amide bonds. The number of rotatable bonds is 5. The van der Waals surface area contributed by atoms with E-state index in [-0.39, 0.29) is 0 Å². The molecule has 4 heterocycles. The summed E-state index contributed by atoms with van der Waals surface area (Å²) in [5.74, 6) is 2.38. The van der Waals surface area contributed by atoms with Gasteiger partial charge in [0, 0.05) is 69.3 Å². The maximum absolute atomic E-state index is 4.71. The van der Waals surface area contributed by atoms with E-state index in [9.17, 15) is 0 Å². The van der Waals surface area contributed by atoms with Crippen molar-refractivity contribution >= 4 is 17.7 Å². The van der Waals surface area contributed by atoms with E-state index in [1.165, 1.54) is 5.56 Å². The molecule has 0 spiro atoms. The molecule has 3 aromatic rings. The summed E-state index contributed by atoms with van der Waals surface area (Å²) in [5.41, 5.74) is 2.12. The van der Waals surface area contributed by atoms with Crippen molar-refractivity contribution in [3.63, 3.8) is 0 Å². The summed E-state index contributed by atoms with van der Waals surface area (Å²) in [6, 6.07) is 7.79. The van der Waals surface area contributed by atoms with Crippen LogP contribution >= 0.6 is 0 Å². The molecule has 0 bridgehead atoms. The van der Waals surface area contributed by atoms with Gasteiger partial charge in [-0.05, 0) is 30.7 Å². The fourth-order valence-corrected chi connectivity index (χ4v) is 3.04. The highest BCUT2D eigenvalue weighted by molar-refractivity contribution is 5.45. The van der Waals surface area contributed by atoms with Gasteiger partial charge in [0.1, 0.15) is 5.82 Å². The highest BCUT2D eigenvalue weighted by Gasteiger charge is 2.21. The van der Waals surface area contributed by atoms with E-state index >= 15 is 0 Å². The van der Waals surface area contributed by atoms with Crippen LogP contribution in [0.1, 0.15) is 11.3 Å². The quantitative estimate of drug-likeness (QED) is 0.737. The number of nitrogens with one attached hydrogen (secondary N) is 1. The smallest absolute Gasteiger partial charge is 0.227 e. The van der Waals surface area contributed by atoms with Crippen molar-refractivity contribution < 1.29 is 0 Å². The van der Waals surface area contributed by atoms with Crippen LogP contribution in [-0.2, 0) is 6.54 Å². The first-order valence-corrected chi connectivity index (χ1v) is 9.03. The maximum Gasteiger partial charge on any atom is 0.227 e. The van der Waals surface area contributed by atoms with Crippen LogP contribution in [0.5, 0.6) is 0 Å². The van der Waals surface area contributed by atoms with Crippen molar-refractivity contribution in [3.8, 4) is 0 Å². The zero-order valence-electron chi connectivity index (χ0n) is 15.3. The Morgan fingerprint density at radius 3 is 2.26 bits per heavy atom. The number of piperazine rings is 1. The van der Waals surface area contributed by atoms with Crippen LogP contribution in [0.3, 0.4) is 0 Å². The Labute approximate surface area is 158 Å². The van der Waals surface area contributed by atoms with Crippen molar-refractivity contribution in [2.24, 2.45) is 0 Å². The Hall–Kier alpha value is -3.29. The number of nitrogens with zero attached hydrogens (tertiary/aromatic N) is 7. The normalized spacial score (nSPS) is 14.3. The van der Waals surface area contributed by atoms with Crippen molar-refractivity contribution in [1.29, 1.82) is 0 Å². The van der Waals surface area contributed by atoms with Gasteiger partial charge in [0.2, 0.25) is 11.9 Å². The summed E-state index contributed by atoms with van der Waals surface area (Å²) in [4.78, 5) is 26.4. The largest absolute Gasteiger partial charge is 0.366 e. The number of anilines is 3. The number of pyridine rings is 1. The summed E-state index contributed by atoms with van der Waals surface area (Å²) in [6.45, 7) is 6.08. The van der Waals surface area contributed by atoms with Gasteiger partial charge in [-0.25, -0.2) is 15.0 Å². The first kappa shape index (κ1) is 17.1. The molecule has 0 radical (unpaired) electrons. The van der Waals surface area contributed by atoms with E-state index in [2.05, 4.69) is 35.1 Å². The van der Waals surface area contributed by atoms with Gasteiger partial charge in [-0.2, -0.15) is 4.98 Å². The third-order valence-corrected chi connectivity index (χ3v) is 4.46. The van der Waals surface area contributed by atoms with Gasteiger partial charge in [0.25, 0.3) is 0 Å². The van der Waals surface area contributed by atoms with Gasteiger partial charge >= 0.3 is 0 Å². The summed E-state index contributed by atoms with van der Waals surface area (Å²) < 4.78 is 0. The number of aryl methyl sites for hydroxylation is 1. The fraction of sp³-hybridized carbons (Fsp3) is 0.316. The van der Waals surface area contributed by atoms with Gasteiger partial charge in [-0.15, -0.1) is 0 Å². The van der Waals surface area contributed by atoms with Crippen LogP contribution in [0.15, 0.2) is 49.1 Å². The SMILES string of the molecule is Cc1cc(NCc2ccncc2)nc(N2CCN(c3ncccn3)CC2)n1. The number of aromatic nitrogens is 5. The second-order valence-corrected chi connectivity index (χ2v) is 6.43. The van der Waals surface area contributed by atoms with Crippen molar-refractivity contribution in [1.82, 2.24) is 24.9 Å². The molecule has 0 aromatic carbocycles. The van der Waals surface area contributed by atoms with Crippen LogP contribution in [0.4, 0.5) is 17.7 Å². The Kier molecular flexibility index (Phi) is 5.04. The Morgan fingerprint density at radius 2 is 1.56 bits per heavy atom. The van der Waals surface area contributed by atoms with Crippen molar-refractivity contribution in [2.75, 3.05) is 41.3 Å². The van der Waals surface area contributed by atoms with Crippen LogP contribution < -0.4 is 15.1 Å². The van der Waals surface area contributed by atoms with E-state index in [0.29, 0.717) is 6.54 Å².